The van der Waals surface area contributed by atoms with E-state index in [0.717, 1.165) is 12.8 Å². The first kappa shape index (κ1) is 22.4. The summed E-state index contributed by atoms with van der Waals surface area (Å²) in [7, 11) is 0. The molecule has 3 amide bonds. The predicted octanol–water partition coefficient (Wildman–Crippen LogP) is 3.60. The summed E-state index contributed by atoms with van der Waals surface area (Å²) in [6.07, 6.45) is 3.47. The summed E-state index contributed by atoms with van der Waals surface area (Å²) < 4.78 is 11.1. The molecule has 3 rings (SSSR count). The van der Waals surface area contributed by atoms with Gasteiger partial charge in [-0.25, -0.2) is 4.79 Å². The number of carbonyl (C=O) groups excluding carboxylic acids is 2. The van der Waals surface area contributed by atoms with Gasteiger partial charge in [-0.05, 0) is 63.1 Å². The minimum atomic E-state index is -0.372. The lowest BCUT2D eigenvalue weighted by Crippen LogP contribution is -2.48. The molecular formula is C23H28N4O4. The number of urea groups is 1. The Kier molecular flexibility index (Phi) is 7.68. The molecule has 8 nitrogen and oxygen atoms in total. The van der Waals surface area contributed by atoms with Crippen molar-refractivity contribution >= 4 is 17.6 Å². The maximum absolute atomic E-state index is 13.2. The molecule has 1 saturated heterocycles. The van der Waals surface area contributed by atoms with Crippen LogP contribution in [0.4, 0.5) is 10.5 Å². The number of anilines is 1. The average Bonchev–Trinajstić information content (AvgIpc) is 3.46. The van der Waals surface area contributed by atoms with Gasteiger partial charge in [0.1, 0.15) is 12.3 Å². The number of nitrogens with one attached hydrogen (secondary N) is 1. The van der Waals surface area contributed by atoms with E-state index in [0.29, 0.717) is 36.7 Å². The molecule has 1 fully saturated rings. The number of carbonyl (C=O) groups is 2. The van der Waals surface area contributed by atoms with Crippen LogP contribution < -0.4 is 5.32 Å². The Hall–Kier alpha value is -3.31. The molecule has 8 heteroatoms. The third-order valence-electron chi connectivity index (χ3n) is 5.18. The van der Waals surface area contributed by atoms with Gasteiger partial charge in [-0.1, -0.05) is 0 Å². The van der Waals surface area contributed by atoms with Crippen LogP contribution >= 0.6 is 0 Å². The number of rotatable bonds is 8. The van der Waals surface area contributed by atoms with Gasteiger partial charge in [0, 0.05) is 24.9 Å². The highest BCUT2D eigenvalue weighted by Crippen LogP contribution is 2.17. The zero-order valence-corrected chi connectivity index (χ0v) is 17.9. The molecule has 1 aliphatic rings. The zero-order chi connectivity index (χ0) is 22.2. The molecule has 31 heavy (non-hydrogen) atoms. The van der Waals surface area contributed by atoms with Gasteiger partial charge in [0.2, 0.25) is 5.91 Å². The molecule has 1 aromatic carbocycles. The molecule has 164 valence electrons. The van der Waals surface area contributed by atoms with Crippen LogP contribution in [-0.4, -0.2) is 53.6 Å². The van der Waals surface area contributed by atoms with E-state index >= 15 is 0 Å². The van der Waals surface area contributed by atoms with Gasteiger partial charge in [0.25, 0.3) is 0 Å². The fraction of sp³-hybridized carbons (Fsp3) is 0.435. The smallest absolute Gasteiger partial charge is 0.322 e. The molecule has 1 aromatic heterocycles. The Bertz CT molecular complexity index is 897. The number of ether oxygens (including phenoxy) is 1. The van der Waals surface area contributed by atoms with Gasteiger partial charge in [0.15, 0.2) is 0 Å². The summed E-state index contributed by atoms with van der Waals surface area (Å²) in [5.41, 5.74) is 1.07. The Morgan fingerprint density at radius 1 is 1.26 bits per heavy atom. The molecule has 0 radical (unpaired) electrons. The Balaban J connectivity index is 1.67. The van der Waals surface area contributed by atoms with Gasteiger partial charge in [-0.15, -0.1) is 0 Å². The van der Waals surface area contributed by atoms with Crippen LogP contribution in [0.1, 0.15) is 38.0 Å². The minimum Gasteiger partial charge on any atom is -0.467 e. The van der Waals surface area contributed by atoms with Crippen LogP contribution in [-0.2, 0) is 16.1 Å². The number of amides is 3. The predicted molar refractivity (Wildman–Crippen MR) is 115 cm³/mol. The molecule has 0 saturated carbocycles. The van der Waals surface area contributed by atoms with E-state index in [-0.39, 0.29) is 30.6 Å². The average molecular weight is 425 g/mol. The summed E-state index contributed by atoms with van der Waals surface area (Å²) in [5.74, 6) is 0.514. The second kappa shape index (κ2) is 10.6. The van der Waals surface area contributed by atoms with Crippen LogP contribution in [0, 0.1) is 11.3 Å². The summed E-state index contributed by atoms with van der Waals surface area (Å²) in [4.78, 5) is 29.2. The Labute approximate surface area is 182 Å². The summed E-state index contributed by atoms with van der Waals surface area (Å²) in [6, 6.07) is 11.7. The fourth-order valence-electron chi connectivity index (χ4n) is 3.44. The van der Waals surface area contributed by atoms with E-state index < -0.39 is 0 Å². The first-order valence-corrected chi connectivity index (χ1v) is 10.5. The number of hydrogen-bond acceptors (Lipinski definition) is 5. The van der Waals surface area contributed by atoms with Crippen molar-refractivity contribution < 1.29 is 18.7 Å². The normalized spacial score (nSPS) is 15.5. The molecule has 0 spiro atoms. The fourth-order valence-corrected chi connectivity index (χ4v) is 3.44. The molecular weight excluding hydrogens is 396 g/mol. The van der Waals surface area contributed by atoms with Crippen molar-refractivity contribution in [1.82, 2.24) is 9.80 Å². The van der Waals surface area contributed by atoms with Crippen molar-refractivity contribution in [2.75, 3.05) is 25.0 Å². The second-order valence-electron chi connectivity index (χ2n) is 7.83. The monoisotopic (exact) mass is 424 g/mol. The van der Waals surface area contributed by atoms with E-state index in [4.69, 9.17) is 14.4 Å². The molecule has 2 heterocycles. The van der Waals surface area contributed by atoms with E-state index in [9.17, 15) is 9.59 Å². The van der Waals surface area contributed by atoms with Crippen LogP contribution in [0.25, 0.3) is 0 Å². The van der Waals surface area contributed by atoms with Crippen LogP contribution in [0.5, 0.6) is 0 Å². The van der Waals surface area contributed by atoms with Crippen LogP contribution in [0.3, 0.4) is 0 Å². The first-order valence-electron chi connectivity index (χ1n) is 10.5. The van der Waals surface area contributed by atoms with Crippen molar-refractivity contribution in [1.29, 1.82) is 5.26 Å². The van der Waals surface area contributed by atoms with Crippen molar-refractivity contribution in [3.05, 3.63) is 54.0 Å². The molecule has 1 aliphatic heterocycles. The largest absolute Gasteiger partial charge is 0.467 e. The number of benzene rings is 1. The lowest BCUT2D eigenvalue weighted by Gasteiger charge is -2.30. The third kappa shape index (κ3) is 6.33. The van der Waals surface area contributed by atoms with E-state index in [1.165, 1.54) is 4.90 Å². The summed E-state index contributed by atoms with van der Waals surface area (Å²) in [6.45, 7) is 5.16. The molecule has 1 atom stereocenters. The number of hydrogen-bond donors (Lipinski definition) is 1. The lowest BCUT2D eigenvalue weighted by molar-refractivity contribution is -0.134. The van der Waals surface area contributed by atoms with Crippen LogP contribution in [0.15, 0.2) is 47.1 Å². The van der Waals surface area contributed by atoms with Crippen molar-refractivity contribution in [2.45, 2.75) is 45.4 Å². The molecule has 2 aromatic rings. The van der Waals surface area contributed by atoms with E-state index in [1.54, 1.807) is 41.5 Å². The van der Waals surface area contributed by atoms with Crippen molar-refractivity contribution in [3.63, 3.8) is 0 Å². The van der Waals surface area contributed by atoms with Crippen molar-refractivity contribution in [2.24, 2.45) is 0 Å². The Morgan fingerprint density at radius 2 is 2.03 bits per heavy atom. The molecule has 1 unspecified atom stereocenters. The van der Waals surface area contributed by atoms with Gasteiger partial charge in [-0.2, -0.15) is 5.26 Å². The highest BCUT2D eigenvalue weighted by Gasteiger charge is 2.27. The molecule has 1 N–H and O–H groups in total. The van der Waals surface area contributed by atoms with E-state index in [2.05, 4.69) is 5.32 Å². The zero-order valence-electron chi connectivity index (χ0n) is 17.9. The maximum Gasteiger partial charge on any atom is 0.322 e. The molecule has 0 aliphatic carbocycles. The highest BCUT2D eigenvalue weighted by molar-refractivity contribution is 5.92. The number of nitriles is 1. The first-order chi connectivity index (χ1) is 15.0. The third-order valence-corrected chi connectivity index (χ3v) is 5.18. The molecule has 0 bridgehead atoms. The maximum atomic E-state index is 13.2. The van der Waals surface area contributed by atoms with Crippen LogP contribution in [0.2, 0.25) is 0 Å². The van der Waals surface area contributed by atoms with Gasteiger partial charge in [-0.3, -0.25) is 4.79 Å². The number of nitrogens with zero attached hydrogens (tertiary/aromatic N) is 3. The minimum absolute atomic E-state index is 0.00103. The SMILES string of the molecule is CC(C)N(CC(=O)N(Cc1ccco1)CC1CCCO1)C(=O)Nc1ccc(C#N)cc1. The lowest BCUT2D eigenvalue weighted by atomic mass is 10.2. The number of furan rings is 1. The standard InChI is InChI=1S/C23H28N4O4/c1-17(2)27(23(29)25-19-9-7-18(13-24)8-10-19)16-22(28)26(14-20-5-3-11-30-20)15-21-6-4-12-31-21/h3,5,7-11,17,21H,4,6,12,14-16H2,1-2H3,(H,25,29). The summed E-state index contributed by atoms with van der Waals surface area (Å²) in [5, 5.41) is 11.7. The van der Waals surface area contributed by atoms with E-state index in [1.807, 2.05) is 26.0 Å². The topological polar surface area (TPSA) is 98.8 Å². The quantitative estimate of drug-likeness (QED) is 0.698. The van der Waals surface area contributed by atoms with Crippen molar-refractivity contribution in [3.8, 4) is 6.07 Å². The highest BCUT2D eigenvalue weighted by atomic mass is 16.5. The summed E-state index contributed by atoms with van der Waals surface area (Å²) >= 11 is 0. The van der Waals surface area contributed by atoms with Gasteiger partial charge in [0.05, 0.1) is 30.5 Å². The second-order valence-corrected chi connectivity index (χ2v) is 7.83. The van der Waals surface area contributed by atoms with Gasteiger partial charge >= 0.3 is 6.03 Å². The Morgan fingerprint density at radius 3 is 2.61 bits per heavy atom. The van der Waals surface area contributed by atoms with Gasteiger partial charge < -0.3 is 24.3 Å².